The van der Waals surface area contributed by atoms with E-state index in [1.54, 1.807) is 0 Å². The van der Waals surface area contributed by atoms with E-state index < -0.39 is 30.4 Å². The minimum absolute atomic E-state index is 0.169. The lowest BCUT2D eigenvalue weighted by molar-refractivity contribution is -0.147. The van der Waals surface area contributed by atoms with Gasteiger partial charge in [0.15, 0.2) is 18.1 Å². The number of hydrogen-bond donors (Lipinski definition) is 1. The number of aryl methyl sites for hydroxylation is 1. The van der Waals surface area contributed by atoms with E-state index in [1.165, 1.54) is 18.4 Å². The van der Waals surface area contributed by atoms with Crippen molar-refractivity contribution < 1.29 is 33.3 Å². The Morgan fingerprint density at radius 3 is 2.23 bits per heavy atom. The lowest BCUT2D eigenvalue weighted by atomic mass is 9.91. The third-order valence-corrected chi connectivity index (χ3v) is 7.58. The van der Waals surface area contributed by atoms with E-state index in [4.69, 9.17) is 18.9 Å². The van der Waals surface area contributed by atoms with Crippen molar-refractivity contribution in [2.75, 3.05) is 25.8 Å². The topological polar surface area (TPSA) is 100 Å². The number of fused-ring (bicyclic) bond motifs is 1. The van der Waals surface area contributed by atoms with Crippen LogP contribution in [-0.4, -0.2) is 38.4 Å². The average molecular weight is 558 g/mol. The number of rotatable bonds is 9. The number of esters is 2. The molecule has 0 saturated heterocycles. The van der Waals surface area contributed by atoms with Crippen molar-refractivity contribution in [1.29, 1.82) is 0 Å². The molecule has 9 heteroatoms. The van der Waals surface area contributed by atoms with Gasteiger partial charge in [-0.15, -0.1) is 11.3 Å². The lowest BCUT2D eigenvalue weighted by Gasteiger charge is -2.17. The predicted octanol–water partition coefficient (Wildman–Crippen LogP) is 5.48. The summed E-state index contributed by atoms with van der Waals surface area (Å²) in [5.74, 6) is -1.05. The van der Waals surface area contributed by atoms with Crippen LogP contribution in [0.5, 0.6) is 11.5 Å². The second kappa shape index (κ2) is 12.0. The van der Waals surface area contributed by atoms with Gasteiger partial charge in [0.2, 0.25) is 6.79 Å². The van der Waals surface area contributed by atoms with E-state index in [0.29, 0.717) is 22.9 Å². The quantitative estimate of drug-likeness (QED) is 0.272. The number of ether oxygens (including phenoxy) is 4. The summed E-state index contributed by atoms with van der Waals surface area (Å²) in [7, 11) is 1.29. The zero-order chi connectivity index (χ0) is 28.1. The molecule has 1 N–H and O–H groups in total. The van der Waals surface area contributed by atoms with Crippen LogP contribution in [0.4, 0.5) is 5.00 Å². The van der Waals surface area contributed by atoms with Crippen molar-refractivity contribution in [2.45, 2.75) is 19.3 Å². The van der Waals surface area contributed by atoms with Gasteiger partial charge in [-0.3, -0.25) is 9.59 Å². The molecule has 204 valence electrons. The SMILES string of the molecule is COC(=O)c1c(NC(=O)COC(=O)C(c2ccccc2)c2ccccc2)sc(C)c1Cc1ccc2c(c1)OCO2. The lowest BCUT2D eigenvalue weighted by Crippen LogP contribution is -2.25. The highest BCUT2D eigenvalue weighted by atomic mass is 32.1. The number of benzene rings is 3. The van der Waals surface area contributed by atoms with Gasteiger partial charge in [-0.1, -0.05) is 66.7 Å². The Morgan fingerprint density at radius 2 is 1.57 bits per heavy atom. The molecule has 5 rings (SSSR count). The number of hydrogen-bond acceptors (Lipinski definition) is 8. The second-order valence-corrected chi connectivity index (χ2v) is 10.3. The Kier molecular flexibility index (Phi) is 8.12. The van der Waals surface area contributed by atoms with E-state index in [2.05, 4.69) is 5.32 Å². The number of carbonyl (C=O) groups is 3. The predicted molar refractivity (Wildman–Crippen MR) is 150 cm³/mol. The molecule has 1 amide bonds. The van der Waals surface area contributed by atoms with Crippen LogP contribution >= 0.6 is 11.3 Å². The summed E-state index contributed by atoms with van der Waals surface area (Å²) in [6, 6.07) is 24.1. The number of thiophene rings is 1. The number of carbonyl (C=O) groups excluding carboxylic acids is 3. The first-order chi connectivity index (χ1) is 19.4. The second-order valence-electron chi connectivity index (χ2n) is 9.11. The van der Waals surface area contributed by atoms with E-state index in [0.717, 1.165) is 27.1 Å². The molecule has 0 atom stereocenters. The molecular weight excluding hydrogens is 530 g/mol. The Morgan fingerprint density at radius 1 is 0.925 bits per heavy atom. The highest BCUT2D eigenvalue weighted by molar-refractivity contribution is 7.16. The third-order valence-electron chi connectivity index (χ3n) is 6.52. The molecule has 0 fully saturated rings. The monoisotopic (exact) mass is 557 g/mol. The Labute approximate surface area is 235 Å². The van der Waals surface area contributed by atoms with Gasteiger partial charge in [0.05, 0.1) is 12.7 Å². The van der Waals surface area contributed by atoms with Crippen molar-refractivity contribution in [3.8, 4) is 11.5 Å². The normalized spacial score (nSPS) is 11.8. The van der Waals surface area contributed by atoms with Crippen molar-refractivity contribution in [3.63, 3.8) is 0 Å². The molecule has 1 aromatic heterocycles. The van der Waals surface area contributed by atoms with Crippen molar-refractivity contribution in [3.05, 3.63) is 112 Å². The highest BCUT2D eigenvalue weighted by Gasteiger charge is 2.27. The van der Waals surface area contributed by atoms with Crippen LogP contribution in [0, 0.1) is 6.92 Å². The van der Waals surface area contributed by atoms with Gasteiger partial charge in [-0.25, -0.2) is 4.79 Å². The van der Waals surface area contributed by atoms with Crippen LogP contribution in [0.3, 0.4) is 0 Å². The summed E-state index contributed by atoms with van der Waals surface area (Å²) >= 11 is 1.26. The third kappa shape index (κ3) is 5.84. The van der Waals surface area contributed by atoms with Crippen LogP contribution in [0.2, 0.25) is 0 Å². The maximum Gasteiger partial charge on any atom is 0.341 e. The molecule has 0 bridgehead atoms. The molecule has 0 spiro atoms. The van der Waals surface area contributed by atoms with E-state index in [9.17, 15) is 14.4 Å². The average Bonchev–Trinajstić information content (AvgIpc) is 3.56. The fraction of sp³-hybridized carbons (Fsp3) is 0.194. The summed E-state index contributed by atoms with van der Waals surface area (Å²) in [4.78, 5) is 39.7. The summed E-state index contributed by atoms with van der Waals surface area (Å²) in [6.45, 7) is 1.53. The molecule has 2 heterocycles. The standard InChI is InChI=1S/C31H27NO7S/c1-19-23(15-20-13-14-24-25(16-20)39-18-38-24)28(30(34)36-2)29(40-19)32-26(33)17-37-31(35)27(21-9-5-3-6-10-21)22-11-7-4-8-12-22/h3-14,16,27H,15,17-18H2,1-2H3,(H,32,33). The minimum Gasteiger partial charge on any atom is -0.465 e. The molecule has 3 aromatic carbocycles. The zero-order valence-electron chi connectivity index (χ0n) is 22.0. The van der Waals surface area contributed by atoms with E-state index >= 15 is 0 Å². The molecule has 1 aliphatic heterocycles. The van der Waals surface area contributed by atoms with Gasteiger partial charge >= 0.3 is 11.9 Å². The maximum absolute atomic E-state index is 13.2. The van der Waals surface area contributed by atoms with Crippen LogP contribution < -0.4 is 14.8 Å². The van der Waals surface area contributed by atoms with Crippen molar-refractivity contribution in [2.24, 2.45) is 0 Å². The summed E-state index contributed by atoms with van der Waals surface area (Å²) in [5.41, 5.74) is 3.43. The molecule has 0 unspecified atom stereocenters. The van der Waals surface area contributed by atoms with Gasteiger partial charge in [0.25, 0.3) is 5.91 Å². The molecule has 40 heavy (non-hydrogen) atoms. The number of amides is 1. The first-order valence-corrected chi connectivity index (χ1v) is 13.4. The van der Waals surface area contributed by atoms with Crippen molar-refractivity contribution >= 4 is 34.2 Å². The van der Waals surface area contributed by atoms with Crippen LogP contribution in [0.25, 0.3) is 0 Å². The highest BCUT2D eigenvalue weighted by Crippen LogP contribution is 2.38. The molecule has 0 radical (unpaired) electrons. The molecule has 1 aliphatic rings. The summed E-state index contributed by atoms with van der Waals surface area (Å²) in [6.07, 6.45) is 0.421. The summed E-state index contributed by atoms with van der Waals surface area (Å²) < 4.78 is 21.4. The first-order valence-electron chi connectivity index (χ1n) is 12.6. The molecule has 8 nitrogen and oxygen atoms in total. The van der Waals surface area contributed by atoms with E-state index in [-0.39, 0.29) is 12.4 Å². The van der Waals surface area contributed by atoms with Crippen LogP contribution in [-0.2, 0) is 25.5 Å². The number of anilines is 1. The minimum atomic E-state index is -0.682. The number of methoxy groups -OCH3 is 1. The molecule has 0 aliphatic carbocycles. The smallest absolute Gasteiger partial charge is 0.341 e. The first kappa shape index (κ1) is 27.0. The molecule has 4 aromatic rings. The maximum atomic E-state index is 13.2. The Balaban J connectivity index is 1.31. The molecule has 0 saturated carbocycles. The Bertz CT molecular complexity index is 1490. The van der Waals surface area contributed by atoms with Gasteiger partial charge < -0.3 is 24.3 Å². The fourth-order valence-corrected chi connectivity index (χ4v) is 5.67. The molecular formula is C31H27NO7S. The number of nitrogens with one attached hydrogen (secondary N) is 1. The zero-order valence-corrected chi connectivity index (χ0v) is 22.8. The van der Waals surface area contributed by atoms with Crippen molar-refractivity contribution in [1.82, 2.24) is 0 Å². The van der Waals surface area contributed by atoms with Gasteiger partial charge in [0.1, 0.15) is 10.9 Å². The largest absolute Gasteiger partial charge is 0.465 e. The van der Waals surface area contributed by atoms with Crippen LogP contribution in [0.15, 0.2) is 78.9 Å². The summed E-state index contributed by atoms with van der Waals surface area (Å²) in [5, 5.41) is 3.08. The van der Waals surface area contributed by atoms with Gasteiger partial charge in [0, 0.05) is 4.88 Å². The Hall–Kier alpha value is -4.63. The van der Waals surface area contributed by atoms with Crippen LogP contribution in [0.1, 0.15) is 43.4 Å². The van der Waals surface area contributed by atoms with Gasteiger partial charge in [-0.2, -0.15) is 0 Å². The van der Waals surface area contributed by atoms with E-state index in [1.807, 2.05) is 85.8 Å². The van der Waals surface area contributed by atoms with Gasteiger partial charge in [-0.05, 0) is 47.7 Å². The fourth-order valence-electron chi connectivity index (χ4n) is 4.59.